The van der Waals surface area contributed by atoms with Crippen LogP contribution in [-0.4, -0.2) is 4.98 Å². The molecule has 0 bridgehead atoms. The van der Waals surface area contributed by atoms with E-state index >= 15 is 0 Å². The first kappa shape index (κ1) is 6.36. The summed E-state index contributed by atoms with van der Waals surface area (Å²) in [5.41, 5.74) is 1.74. The Morgan fingerprint density at radius 2 is 2.36 bits per heavy atom. The lowest BCUT2D eigenvalue weighted by atomic mass is 10.1. The first-order valence-electron chi connectivity index (χ1n) is 3.77. The van der Waals surface area contributed by atoms with E-state index in [1.54, 1.807) is 6.20 Å². The third kappa shape index (κ3) is 1.10. The maximum absolute atomic E-state index is 8.68. The summed E-state index contributed by atoms with van der Waals surface area (Å²) in [7, 11) is 0. The van der Waals surface area contributed by atoms with E-state index in [2.05, 4.69) is 11.1 Å². The topological polar surface area (TPSA) is 36.7 Å². The average molecular weight is 144 g/mol. The van der Waals surface area contributed by atoms with E-state index in [4.69, 9.17) is 5.26 Å². The molecule has 1 aliphatic carbocycles. The first-order valence-corrected chi connectivity index (χ1v) is 3.77. The van der Waals surface area contributed by atoms with Gasteiger partial charge in [0, 0.05) is 6.20 Å². The molecule has 0 unspecified atom stereocenters. The molecule has 1 fully saturated rings. The minimum absolute atomic E-state index is 0.606. The van der Waals surface area contributed by atoms with E-state index in [0.29, 0.717) is 11.6 Å². The van der Waals surface area contributed by atoms with Crippen molar-refractivity contribution in [1.82, 2.24) is 4.98 Å². The highest BCUT2D eigenvalue weighted by Crippen LogP contribution is 2.40. The Kier molecular flexibility index (Phi) is 1.36. The van der Waals surface area contributed by atoms with Crippen LogP contribution in [0.4, 0.5) is 0 Å². The van der Waals surface area contributed by atoms with Gasteiger partial charge in [0.25, 0.3) is 0 Å². The van der Waals surface area contributed by atoms with E-state index < -0.39 is 0 Å². The van der Waals surface area contributed by atoms with Gasteiger partial charge in [0.2, 0.25) is 0 Å². The molecule has 1 saturated carbocycles. The van der Waals surface area contributed by atoms with Crippen molar-refractivity contribution >= 4 is 0 Å². The van der Waals surface area contributed by atoms with Gasteiger partial charge >= 0.3 is 0 Å². The highest BCUT2D eigenvalue weighted by molar-refractivity contribution is 5.35. The molecule has 0 aliphatic heterocycles. The van der Waals surface area contributed by atoms with Crippen molar-refractivity contribution in [2.75, 3.05) is 0 Å². The molecule has 1 heterocycles. The zero-order chi connectivity index (χ0) is 7.68. The number of pyridine rings is 1. The Morgan fingerprint density at radius 3 is 3.00 bits per heavy atom. The summed E-state index contributed by atoms with van der Waals surface area (Å²) < 4.78 is 0. The summed E-state index contributed by atoms with van der Waals surface area (Å²) >= 11 is 0. The van der Waals surface area contributed by atoms with Crippen LogP contribution < -0.4 is 0 Å². The third-order valence-corrected chi connectivity index (χ3v) is 1.96. The van der Waals surface area contributed by atoms with E-state index in [9.17, 15) is 0 Å². The lowest BCUT2D eigenvalue weighted by Gasteiger charge is -1.97. The van der Waals surface area contributed by atoms with Gasteiger partial charge in [0.1, 0.15) is 11.8 Å². The van der Waals surface area contributed by atoms with E-state index in [1.165, 1.54) is 12.8 Å². The zero-order valence-electron chi connectivity index (χ0n) is 6.12. The van der Waals surface area contributed by atoms with Crippen LogP contribution in [0.2, 0.25) is 0 Å². The van der Waals surface area contributed by atoms with E-state index in [1.807, 2.05) is 12.1 Å². The second-order valence-corrected chi connectivity index (χ2v) is 2.83. The molecule has 1 aliphatic rings. The predicted octanol–water partition coefficient (Wildman–Crippen LogP) is 1.83. The predicted molar refractivity (Wildman–Crippen MR) is 40.9 cm³/mol. The van der Waals surface area contributed by atoms with Crippen LogP contribution in [0.5, 0.6) is 0 Å². The highest BCUT2D eigenvalue weighted by Gasteiger charge is 2.26. The molecule has 0 radical (unpaired) electrons. The molecule has 11 heavy (non-hydrogen) atoms. The van der Waals surface area contributed by atoms with E-state index in [0.717, 1.165) is 5.56 Å². The zero-order valence-corrected chi connectivity index (χ0v) is 6.12. The Bertz CT molecular complexity index is 308. The summed E-state index contributed by atoms with van der Waals surface area (Å²) in [6.07, 6.45) is 4.12. The molecule has 1 aromatic rings. The van der Waals surface area contributed by atoms with Crippen molar-refractivity contribution < 1.29 is 0 Å². The number of hydrogen-bond donors (Lipinski definition) is 0. The van der Waals surface area contributed by atoms with Crippen LogP contribution in [0, 0.1) is 11.3 Å². The largest absolute Gasteiger partial charge is 0.245 e. The fourth-order valence-corrected chi connectivity index (χ4v) is 1.23. The molecular formula is C9H8N2. The molecule has 0 amide bonds. The van der Waals surface area contributed by atoms with Gasteiger partial charge in [-0.05, 0) is 30.4 Å². The minimum atomic E-state index is 0.606. The molecule has 0 saturated heterocycles. The van der Waals surface area contributed by atoms with Crippen LogP contribution in [0.25, 0.3) is 0 Å². The van der Waals surface area contributed by atoms with Gasteiger partial charge in [-0.3, -0.25) is 0 Å². The summed E-state index contributed by atoms with van der Waals surface area (Å²) in [6, 6.07) is 6.01. The lowest BCUT2D eigenvalue weighted by Crippen LogP contribution is -1.89. The van der Waals surface area contributed by atoms with Gasteiger partial charge in [-0.1, -0.05) is 6.07 Å². The number of nitrogens with zero attached hydrogens (tertiary/aromatic N) is 2. The Labute approximate surface area is 65.5 Å². The summed E-state index contributed by atoms with van der Waals surface area (Å²) in [4.78, 5) is 4.00. The second-order valence-electron chi connectivity index (χ2n) is 2.83. The monoisotopic (exact) mass is 144 g/mol. The minimum Gasteiger partial charge on any atom is -0.245 e. The van der Waals surface area contributed by atoms with Crippen LogP contribution in [-0.2, 0) is 0 Å². The maximum Gasteiger partial charge on any atom is 0.143 e. The van der Waals surface area contributed by atoms with Gasteiger partial charge in [-0.2, -0.15) is 5.26 Å². The van der Waals surface area contributed by atoms with Gasteiger partial charge in [0.05, 0.1) is 0 Å². The van der Waals surface area contributed by atoms with Gasteiger partial charge in [0.15, 0.2) is 0 Å². The van der Waals surface area contributed by atoms with Gasteiger partial charge in [-0.25, -0.2) is 4.98 Å². The standard InChI is InChI=1S/C9H8N2/c10-6-9-8(7-3-4-7)2-1-5-11-9/h1-2,5,7H,3-4H2. The van der Waals surface area contributed by atoms with Crippen molar-refractivity contribution in [2.45, 2.75) is 18.8 Å². The number of aromatic nitrogens is 1. The van der Waals surface area contributed by atoms with Crippen LogP contribution in [0.15, 0.2) is 18.3 Å². The fourth-order valence-electron chi connectivity index (χ4n) is 1.23. The molecule has 0 N–H and O–H groups in total. The molecule has 2 heteroatoms. The SMILES string of the molecule is N#Cc1ncccc1C1CC1. The van der Waals surface area contributed by atoms with Crippen LogP contribution in [0.1, 0.15) is 30.0 Å². The summed E-state index contributed by atoms with van der Waals surface area (Å²) in [6.45, 7) is 0. The molecule has 1 aromatic heterocycles. The van der Waals surface area contributed by atoms with E-state index in [-0.39, 0.29) is 0 Å². The van der Waals surface area contributed by atoms with Crippen molar-refractivity contribution in [3.8, 4) is 6.07 Å². The maximum atomic E-state index is 8.68. The summed E-state index contributed by atoms with van der Waals surface area (Å²) in [5.74, 6) is 0.623. The molecular weight excluding hydrogens is 136 g/mol. The Hall–Kier alpha value is -1.36. The van der Waals surface area contributed by atoms with Crippen molar-refractivity contribution in [3.05, 3.63) is 29.6 Å². The van der Waals surface area contributed by atoms with Crippen LogP contribution in [0.3, 0.4) is 0 Å². The lowest BCUT2D eigenvalue weighted by molar-refractivity contribution is 1.07. The van der Waals surface area contributed by atoms with Gasteiger partial charge in [-0.15, -0.1) is 0 Å². The third-order valence-electron chi connectivity index (χ3n) is 1.96. The molecule has 2 nitrogen and oxygen atoms in total. The highest BCUT2D eigenvalue weighted by atomic mass is 14.7. The van der Waals surface area contributed by atoms with Crippen molar-refractivity contribution in [2.24, 2.45) is 0 Å². The first-order chi connectivity index (χ1) is 5.42. The molecule has 0 aromatic carbocycles. The number of nitriles is 1. The number of rotatable bonds is 1. The van der Waals surface area contributed by atoms with Crippen molar-refractivity contribution in [1.29, 1.82) is 5.26 Å². The second kappa shape index (κ2) is 2.35. The molecule has 2 rings (SSSR count). The Morgan fingerprint density at radius 1 is 1.55 bits per heavy atom. The molecule has 0 atom stereocenters. The summed E-state index contributed by atoms with van der Waals surface area (Å²) in [5, 5.41) is 8.68. The number of hydrogen-bond acceptors (Lipinski definition) is 2. The van der Waals surface area contributed by atoms with Gasteiger partial charge < -0.3 is 0 Å². The Balaban J connectivity index is 2.44. The average Bonchev–Trinajstić information content (AvgIpc) is 2.87. The van der Waals surface area contributed by atoms with Crippen LogP contribution >= 0.6 is 0 Å². The molecule has 54 valence electrons. The smallest absolute Gasteiger partial charge is 0.143 e. The quantitative estimate of drug-likeness (QED) is 0.603. The fraction of sp³-hybridized carbons (Fsp3) is 0.333. The molecule has 0 spiro atoms. The van der Waals surface area contributed by atoms with Crippen molar-refractivity contribution in [3.63, 3.8) is 0 Å². The normalized spacial score (nSPS) is 15.9.